The molecule has 1 saturated carbocycles. The fraction of sp³-hybridized carbons (Fsp3) is 0.500. The molecule has 0 bridgehead atoms. The van der Waals surface area contributed by atoms with Crippen molar-refractivity contribution in [1.29, 1.82) is 0 Å². The van der Waals surface area contributed by atoms with Crippen LogP contribution in [0.4, 0.5) is 5.69 Å². The number of hydrogen-bond donors (Lipinski definition) is 1. The van der Waals surface area contributed by atoms with Crippen LogP contribution in [0, 0.1) is 0 Å². The predicted octanol–water partition coefficient (Wildman–Crippen LogP) is 3.06. The van der Waals surface area contributed by atoms with Gasteiger partial charge in [-0.05, 0) is 37.1 Å². The Kier molecular flexibility index (Phi) is 5.99. The summed E-state index contributed by atoms with van der Waals surface area (Å²) in [6.07, 6.45) is 2.72. The van der Waals surface area contributed by atoms with E-state index in [0.29, 0.717) is 49.6 Å². The van der Waals surface area contributed by atoms with Crippen LogP contribution in [-0.4, -0.2) is 50.3 Å². The van der Waals surface area contributed by atoms with Crippen molar-refractivity contribution in [3.05, 3.63) is 40.7 Å². The summed E-state index contributed by atoms with van der Waals surface area (Å²) in [6.45, 7) is 1.15. The molecule has 2 aromatic rings. The van der Waals surface area contributed by atoms with Crippen LogP contribution in [0.2, 0.25) is 5.02 Å². The highest BCUT2D eigenvalue weighted by Crippen LogP contribution is 2.44. The Balaban J connectivity index is 1.68. The van der Waals surface area contributed by atoms with Gasteiger partial charge >= 0.3 is 5.97 Å². The van der Waals surface area contributed by atoms with E-state index in [0.717, 1.165) is 0 Å². The van der Waals surface area contributed by atoms with Crippen molar-refractivity contribution in [2.24, 2.45) is 7.05 Å². The van der Waals surface area contributed by atoms with Crippen LogP contribution in [0.25, 0.3) is 0 Å². The molecule has 2 heterocycles. The van der Waals surface area contributed by atoms with E-state index < -0.39 is 21.8 Å². The molecule has 11 heteroatoms. The van der Waals surface area contributed by atoms with Gasteiger partial charge in [-0.25, -0.2) is 13.2 Å². The summed E-state index contributed by atoms with van der Waals surface area (Å²) in [4.78, 5) is 12.5. The fourth-order valence-corrected chi connectivity index (χ4v) is 5.39. The van der Waals surface area contributed by atoms with Gasteiger partial charge in [-0.15, -0.1) is 0 Å². The zero-order valence-corrected chi connectivity index (χ0v) is 18.8. The zero-order valence-electron chi connectivity index (χ0n) is 17.3. The average molecular weight is 470 g/mol. The van der Waals surface area contributed by atoms with Gasteiger partial charge in [0.05, 0.1) is 30.9 Å². The molecule has 31 heavy (non-hydrogen) atoms. The minimum atomic E-state index is -3.98. The number of carbonyl (C=O) groups excluding carboxylic acids is 1. The first-order valence-corrected chi connectivity index (χ1v) is 11.8. The van der Waals surface area contributed by atoms with Gasteiger partial charge in [0, 0.05) is 30.8 Å². The van der Waals surface area contributed by atoms with Crippen molar-refractivity contribution < 1.29 is 27.4 Å². The number of aromatic nitrogens is 2. The molecule has 0 unspecified atom stereocenters. The number of methoxy groups -OCH3 is 1. The predicted molar refractivity (Wildman–Crippen MR) is 113 cm³/mol. The smallest absolute Gasteiger partial charge is 0.358 e. The van der Waals surface area contributed by atoms with E-state index >= 15 is 0 Å². The number of hydrogen-bond acceptors (Lipinski definition) is 7. The lowest BCUT2D eigenvalue weighted by Gasteiger charge is -2.35. The highest BCUT2D eigenvalue weighted by Gasteiger charge is 2.42. The number of anilines is 1. The van der Waals surface area contributed by atoms with Crippen LogP contribution in [0.5, 0.6) is 0 Å². The summed E-state index contributed by atoms with van der Waals surface area (Å²) in [5, 5.41) is 4.92. The number of sulfonamides is 1. The molecule has 0 atom stereocenters. The van der Waals surface area contributed by atoms with Gasteiger partial charge in [0.1, 0.15) is 5.69 Å². The minimum Gasteiger partial charge on any atom is -0.464 e. The van der Waals surface area contributed by atoms with Crippen molar-refractivity contribution in [1.82, 2.24) is 9.78 Å². The molecule has 0 radical (unpaired) electrons. The molecule has 168 valence electrons. The maximum absolute atomic E-state index is 13.0. The summed E-state index contributed by atoms with van der Waals surface area (Å²) in [5.41, 5.74) is 0.690. The third kappa shape index (κ3) is 4.30. The van der Waals surface area contributed by atoms with Gasteiger partial charge in [0.15, 0.2) is 11.5 Å². The molecule has 2 aliphatic rings. The molecule has 1 aliphatic carbocycles. The maximum atomic E-state index is 13.0. The Morgan fingerprint density at radius 1 is 1.23 bits per heavy atom. The lowest BCUT2D eigenvalue weighted by atomic mass is 9.82. The molecular weight excluding hydrogens is 446 g/mol. The van der Waals surface area contributed by atoms with Crippen LogP contribution in [-0.2, 0) is 31.3 Å². The number of nitrogens with one attached hydrogen (secondary N) is 1. The lowest BCUT2D eigenvalue weighted by molar-refractivity contribution is -0.178. The number of aryl methyl sites for hydroxylation is 1. The molecule has 0 amide bonds. The number of carbonyl (C=O) groups is 1. The van der Waals surface area contributed by atoms with Crippen LogP contribution < -0.4 is 4.72 Å². The fourth-order valence-electron chi connectivity index (χ4n) is 4.19. The minimum absolute atomic E-state index is 0.0258. The number of halogens is 1. The van der Waals surface area contributed by atoms with Gasteiger partial charge < -0.3 is 14.2 Å². The first-order chi connectivity index (χ1) is 14.7. The van der Waals surface area contributed by atoms with Gasteiger partial charge in [-0.1, -0.05) is 11.6 Å². The molecule has 2 fully saturated rings. The van der Waals surface area contributed by atoms with Crippen molar-refractivity contribution in [2.45, 2.75) is 42.3 Å². The molecular formula is C20H24ClN3O6S. The van der Waals surface area contributed by atoms with E-state index in [-0.39, 0.29) is 22.2 Å². The second kappa shape index (κ2) is 8.42. The SMILES string of the molecule is COC(=O)c1c(NS(=O)(=O)c2ccc(Cl)cc2)c(C2CCC3(CC2)OCCO3)nn1C. The molecule has 1 aliphatic heterocycles. The van der Waals surface area contributed by atoms with Crippen LogP contribution in [0.15, 0.2) is 29.2 Å². The first kappa shape index (κ1) is 22.1. The maximum Gasteiger partial charge on any atom is 0.358 e. The van der Waals surface area contributed by atoms with Gasteiger partial charge in [0.2, 0.25) is 0 Å². The summed E-state index contributed by atoms with van der Waals surface area (Å²) < 4.78 is 46.5. The second-order valence-corrected chi connectivity index (χ2v) is 9.78. The Labute approximate surface area is 185 Å². The zero-order chi connectivity index (χ0) is 22.2. The molecule has 1 aromatic heterocycles. The van der Waals surface area contributed by atoms with E-state index in [1.54, 1.807) is 7.05 Å². The summed E-state index contributed by atoms with van der Waals surface area (Å²) in [5.74, 6) is -1.30. The number of nitrogens with zero attached hydrogens (tertiary/aromatic N) is 2. The van der Waals surface area contributed by atoms with Crippen molar-refractivity contribution in [2.75, 3.05) is 25.0 Å². The monoisotopic (exact) mass is 469 g/mol. The van der Waals surface area contributed by atoms with Crippen molar-refractivity contribution >= 4 is 33.3 Å². The third-order valence-corrected chi connectivity index (χ3v) is 7.38. The normalized spacial score (nSPS) is 18.9. The lowest BCUT2D eigenvalue weighted by Crippen LogP contribution is -2.34. The van der Waals surface area contributed by atoms with E-state index in [1.807, 2.05) is 0 Å². The van der Waals surface area contributed by atoms with Crippen LogP contribution in [0.3, 0.4) is 0 Å². The molecule has 9 nitrogen and oxygen atoms in total. The molecule has 1 spiro atoms. The van der Waals surface area contributed by atoms with Crippen molar-refractivity contribution in [3.8, 4) is 0 Å². The average Bonchev–Trinajstić information content (AvgIpc) is 3.32. The first-order valence-electron chi connectivity index (χ1n) is 9.96. The summed E-state index contributed by atoms with van der Waals surface area (Å²) in [6, 6.07) is 5.78. The molecule has 1 aromatic carbocycles. The third-order valence-electron chi connectivity index (χ3n) is 5.76. The van der Waals surface area contributed by atoms with Gasteiger partial charge in [-0.2, -0.15) is 5.10 Å². The molecule has 4 rings (SSSR count). The van der Waals surface area contributed by atoms with Crippen molar-refractivity contribution in [3.63, 3.8) is 0 Å². The Morgan fingerprint density at radius 2 is 1.84 bits per heavy atom. The topological polar surface area (TPSA) is 109 Å². The Hall–Kier alpha value is -2.14. The Bertz CT molecular complexity index is 1070. The number of ether oxygens (including phenoxy) is 3. The number of benzene rings is 1. The quantitative estimate of drug-likeness (QED) is 0.670. The molecule has 1 N–H and O–H groups in total. The highest BCUT2D eigenvalue weighted by atomic mass is 35.5. The second-order valence-electron chi connectivity index (χ2n) is 7.67. The highest BCUT2D eigenvalue weighted by molar-refractivity contribution is 7.92. The van der Waals surface area contributed by atoms with Crippen LogP contribution in [0.1, 0.15) is 47.8 Å². The summed E-state index contributed by atoms with van der Waals surface area (Å²) >= 11 is 5.88. The van der Waals surface area contributed by atoms with E-state index in [9.17, 15) is 13.2 Å². The number of esters is 1. The van der Waals surface area contributed by atoms with Gasteiger partial charge in [0.25, 0.3) is 10.0 Å². The van der Waals surface area contributed by atoms with E-state index in [2.05, 4.69) is 9.82 Å². The standard InChI is InChI=1S/C20H24ClN3O6S/c1-24-18(19(25)28-2)17(23-31(26,27)15-5-3-14(21)4-6-15)16(22-24)13-7-9-20(10-8-13)29-11-12-30-20/h3-6,13,23H,7-12H2,1-2H3. The summed E-state index contributed by atoms with van der Waals surface area (Å²) in [7, 11) is -1.16. The van der Waals surface area contributed by atoms with E-state index in [1.165, 1.54) is 36.1 Å². The van der Waals surface area contributed by atoms with Crippen LogP contribution >= 0.6 is 11.6 Å². The van der Waals surface area contributed by atoms with E-state index in [4.69, 9.17) is 25.8 Å². The number of rotatable bonds is 5. The molecule has 1 saturated heterocycles. The Morgan fingerprint density at radius 3 is 2.42 bits per heavy atom. The largest absolute Gasteiger partial charge is 0.464 e. The van der Waals surface area contributed by atoms with Gasteiger partial charge in [-0.3, -0.25) is 9.40 Å².